The Morgan fingerprint density at radius 1 is 1.24 bits per heavy atom. The number of nitrogens with one attached hydrogen (secondary N) is 1. The first kappa shape index (κ1) is 18.2. The molecule has 1 aromatic carbocycles. The Morgan fingerprint density at radius 3 is 2.80 bits per heavy atom. The number of benzene rings is 1. The molecule has 1 N–H and O–H groups in total. The number of nitrogens with zero attached hydrogens (tertiary/aromatic N) is 2. The van der Waals surface area contributed by atoms with Gasteiger partial charge in [-0.3, -0.25) is 9.78 Å². The lowest BCUT2D eigenvalue weighted by molar-refractivity contribution is -0.116. The third-order valence-corrected chi connectivity index (χ3v) is 3.29. The number of amides is 2. The smallest absolute Gasteiger partial charge is 0.410 e. The minimum atomic E-state index is -0.425. The molecule has 0 radical (unpaired) electrons. The lowest BCUT2D eigenvalue weighted by Crippen LogP contribution is -2.25. The largest absolute Gasteiger partial charge is 0.414 e. The highest BCUT2D eigenvalue weighted by Gasteiger charge is 2.07. The van der Waals surface area contributed by atoms with E-state index in [2.05, 4.69) is 10.3 Å². The van der Waals surface area contributed by atoms with Crippen molar-refractivity contribution in [2.75, 3.05) is 20.6 Å². The van der Waals surface area contributed by atoms with Crippen molar-refractivity contribution in [3.63, 3.8) is 0 Å². The molecular formula is C19H21N3O3. The van der Waals surface area contributed by atoms with Gasteiger partial charge in [-0.1, -0.05) is 18.2 Å². The van der Waals surface area contributed by atoms with Crippen molar-refractivity contribution in [2.24, 2.45) is 0 Å². The predicted molar refractivity (Wildman–Crippen MR) is 96.1 cm³/mol. The monoisotopic (exact) mass is 339 g/mol. The molecular weight excluding hydrogens is 318 g/mol. The number of hydrogen-bond donors (Lipinski definition) is 1. The van der Waals surface area contributed by atoms with E-state index in [1.807, 2.05) is 24.3 Å². The van der Waals surface area contributed by atoms with E-state index < -0.39 is 6.09 Å². The topological polar surface area (TPSA) is 71.5 Å². The molecule has 2 rings (SSSR count). The van der Waals surface area contributed by atoms with Crippen molar-refractivity contribution in [2.45, 2.75) is 6.42 Å². The highest BCUT2D eigenvalue weighted by atomic mass is 16.6. The minimum Gasteiger partial charge on any atom is -0.410 e. The van der Waals surface area contributed by atoms with Crippen molar-refractivity contribution >= 4 is 18.1 Å². The summed E-state index contributed by atoms with van der Waals surface area (Å²) in [5, 5.41) is 2.82. The summed E-state index contributed by atoms with van der Waals surface area (Å²) in [4.78, 5) is 28.7. The average molecular weight is 339 g/mol. The van der Waals surface area contributed by atoms with E-state index >= 15 is 0 Å². The second-order valence-corrected chi connectivity index (χ2v) is 5.57. The molecule has 6 heteroatoms. The Morgan fingerprint density at radius 2 is 2.08 bits per heavy atom. The van der Waals surface area contributed by atoms with Gasteiger partial charge in [0.15, 0.2) is 0 Å². The molecule has 0 aliphatic rings. The minimum absolute atomic E-state index is 0.168. The van der Waals surface area contributed by atoms with E-state index in [9.17, 15) is 9.59 Å². The number of rotatable bonds is 6. The standard InChI is InChI=1S/C19H21N3O3/c1-22(2)19(24)25-17-7-3-5-15(13-17)10-12-21-18(23)9-8-16-6-4-11-20-14-16/h3-9,11,13-14H,10,12H2,1-2H3,(H,21,23). The van der Waals surface area contributed by atoms with Crippen LogP contribution < -0.4 is 10.1 Å². The SMILES string of the molecule is CN(C)C(=O)Oc1cccc(CCNC(=O)C=Cc2cccnc2)c1. The molecule has 0 bridgehead atoms. The maximum atomic E-state index is 11.8. The normalized spacial score (nSPS) is 10.5. The van der Waals surface area contributed by atoms with Crippen LogP contribution >= 0.6 is 0 Å². The molecule has 6 nitrogen and oxygen atoms in total. The quantitative estimate of drug-likeness (QED) is 0.821. The van der Waals surface area contributed by atoms with Gasteiger partial charge in [0.1, 0.15) is 5.75 Å². The van der Waals surface area contributed by atoms with Crippen molar-refractivity contribution in [3.05, 3.63) is 66.0 Å². The molecule has 1 aromatic heterocycles. The Hall–Kier alpha value is -3.15. The van der Waals surface area contributed by atoms with Gasteiger partial charge in [0.25, 0.3) is 0 Å². The van der Waals surface area contributed by atoms with Gasteiger partial charge in [0.2, 0.25) is 5.91 Å². The van der Waals surface area contributed by atoms with E-state index in [1.54, 1.807) is 44.7 Å². The molecule has 0 unspecified atom stereocenters. The Kier molecular flexibility index (Phi) is 6.71. The lowest BCUT2D eigenvalue weighted by Gasteiger charge is -2.11. The van der Waals surface area contributed by atoms with E-state index in [0.717, 1.165) is 11.1 Å². The van der Waals surface area contributed by atoms with Crippen LogP contribution in [0.2, 0.25) is 0 Å². The molecule has 1 heterocycles. The van der Waals surface area contributed by atoms with Crippen LogP contribution in [0, 0.1) is 0 Å². The molecule has 0 fully saturated rings. The second kappa shape index (κ2) is 9.22. The molecule has 0 saturated heterocycles. The first-order valence-electron chi connectivity index (χ1n) is 7.88. The number of carbonyl (C=O) groups excluding carboxylic acids is 2. The molecule has 0 aliphatic heterocycles. The zero-order chi connectivity index (χ0) is 18.1. The third kappa shape index (κ3) is 6.47. The van der Waals surface area contributed by atoms with E-state index in [1.165, 1.54) is 11.0 Å². The fraction of sp³-hybridized carbons (Fsp3) is 0.211. The molecule has 0 spiro atoms. The summed E-state index contributed by atoms with van der Waals surface area (Å²) in [5.74, 6) is 0.318. The Labute approximate surface area is 147 Å². The summed E-state index contributed by atoms with van der Waals surface area (Å²) in [7, 11) is 3.25. The highest BCUT2D eigenvalue weighted by Crippen LogP contribution is 2.14. The first-order chi connectivity index (χ1) is 12.0. The van der Waals surface area contributed by atoms with Crippen LogP contribution in [-0.4, -0.2) is 42.5 Å². The van der Waals surface area contributed by atoms with Crippen LogP contribution in [0.1, 0.15) is 11.1 Å². The van der Waals surface area contributed by atoms with Gasteiger partial charge in [-0.05, 0) is 41.8 Å². The van der Waals surface area contributed by atoms with Gasteiger partial charge in [-0.2, -0.15) is 0 Å². The van der Waals surface area contributed by atoms with Crippen LogP contribution in [0.5, 0.6) is 5.75 Å². The van der Waals surface area contributed by atoms with Crippen LogP contribution in [-0.2, 0) is 11.2 Å². The molecule has 130 valence electrons. The van der Waals surface area contributed by atoms with Gasteiger partial charge in [0.05, 0.1) is 0 Å². The van der Waals surface area contributed by atoms with Crippen molar-refractivity contribution in [3.8, 4) is 5.75 Å². The van der Waals surface area contributed by atoms with Crippen LogP contribution in [0.25, 0.3) is 6.08 Å². The molecule has 0 atom stereocenters. The maximum Gasteiger partial charge on any atom is 0.414 e. The van der Waals surface area contributed by atoms with Gasteiger partial charge in [-0.15, -0.1) is 0 Å². The Balaban J connectivity index is 1.80. The third-order valence-electron chi connectivity index (χ3n) is 3.29. The number of aromatic nitrogens is 1. The zero-order valence-corrected chi connectivity index (χ0v) is 14.3. The summed E-state index contributed by atoms with van der Waals surface area (Å²) in [6, 6.07) is 10.9. The average Bonchev–Trinajstić information content (AvgIpc) is 2.61. The number of hydrogen-bond acceptors (Lipinski definition) is 4. The molecule has 0 aliphatic carbocycles. The van der Waals surface area contributed by atoms with Gasteiger partial charge in [0, 0.05) is 39.1 Å². The number of carbonyl (C=O) groups is 2. The zero-order valence-electron chi connectivity index (χ0n) is 14.3. The lowest BCUT2D eigenvalue weighted by atomic mass is 10.1. The summed E-state index contributed by atoms with van der Waals surface area (Å²) in [6.07, 6.45) is 6.77. The second-order valence-electron chi connectivity index (χ2n) is 5.57. The van der Waals surface area contributed by atoms with Crippen LogP contribution in [0.15, 0.2) is 54.9 Å². The summed E-state index contributed by atoms with van der Waals surface area (Å²) < 4.78 is 5.21. The van der Waals surface area contributed by atoms with Crippen LogP contribution in [0.3, 0.4) is 0 Å². The molecule has 2 amide bonds. The molecule has 2 aromatic rings. The molecule has 0 saturated carbocycles. The van der Waals surface area contributed by atoms with E-state index in [4.69, 9.17) is 4.74 Å². The molecule has 25 heavy (non-hydrogen) atoms. The van der Waals surface area contributed by atoms with Gasteiger partial charge < -0.3 is 15.0 Å². The van der Waals surface area contributed by atoms with Gasteiger partial charge >= 0.3 is 6.09 Å². The number of ether oxygens (including phenoxy) is 1. The predicted octanol–water partition coefficient (Wildman–Crippen LogP) is 2.51. The first-order valence-corrected chi connectivity index (χ1v) is 7.88. The number of pyridine rings is 1. The van der Waals surface area contributed by atoms with Crippen molar-refractivity contribution in [1.29, 1.82) is 0 Å². The summed E-state index contributed by atoms with van der Waals surface area (Å²) >= 11 is 0. The van der Waals surface area contributed by atoms with Crippen molar-refractivity contribution < 1.29 is 14.3 Å². The fourth-order valence-corrected chi connectivity index (χ4v) is 1.99. The van der Waals surface area contributed by atoms with E-state index in [-0.39, 0.29) is 5.91 Å². The maximum absolute atomic E-state index is 11.8. The van der Waals surface area contributed by atoms with Crippen molar-refractivity contribution in [1.82, 2.24) is 15.2 Å². The summed E-state index contributed by atoms with van der Waals surface area (Å²) in [6.45, 7) is 0.487. The van der Waals surface area contributed by atoms with E-state index in [0.29, 0.717) is 18.7 Å². The Bertz CT molecular complexity index is 743. The van der Waals surface area contributed by atoms with Gasteiger partial charge in [-0.25, -0.2) is 4.79 Å². The summed E-state index contributed by atoms with van der Waals surface area (Å²) in [5.41, 5.74) is 1.84. The van der Waals surface area contributed by atoms with Crippen LogP contribution in [0.4, 0.5) is 4.79 Å². The highest BCUT2D eigenvalue weighted by molar-refractivity contribution is 5.91. The fourth-order valence-electron chi connectivity index (χ4n) is 1.99.